The predicted molar refractivity (Wildman–Crippen MR) is 127 cm³/mol. The first kappa shape index (κ1) is 20.9. The Morgan fingerprint density at radius 3 is 2.13 bits per heavy atom. The lowest BCUT2D eigenvalue weighted by Crippen LogP contribution is -2.42. The minimum Gasteiger partial charge on any atom is -0.369 e. The van der Waals surface area contributed by atoms with Gasteiger partial charge in [0.15, 0.2) is 11.5 Å². The van der Waals surface area contributed by atoms with Crippen LogP contribution in [0.25, 0.3) is 11.1 Å². The molecule has 1 atom stereocenters. The summed E-state index contributed by atoms with van der Waals surface area (Å²) in [6.45, 7) is 8.75. The molecule has 158 valence electrons. The van der Waals surface area contributed by atoms with Crippen LogP contribution >= 0.6 is 0 Å². The molecule has 1 unspecified atom stereocenters. The van der Waals surface area contributed by atoms with Gasteiger partial charge in [0, 0.05) is 25.0 Å². The molecule has 1 aliphatic rings. The minimum absolute atomic E-state index is 0.164. The van der Waals surface area contributed by atoms with Crippen LogP contribution in [0.15, 0.2) is 65.9 Å². The van der Waals surface area contributed by atoms with Crippen LogP contribution in [0.2, 0.25) is 19.6 Å². The Morgan fingerprint density at radius 2 is 1.58 bits per heavy atom. The van der Waals surface area contributed by atoms with E-state index in [1.54, 1.807) is 19.4 Å². The summed E-state index contributed by atoms with van der Waals surface area (Å²) in [5, 5.41) is 1.33. The predicted octanol–water partition coefficient (Wildman–Crippen LogP) is 3.03. The largest absolute Gasteiger partial charge is 0.369 e. The van der Waals surface area contributed by atoms with E-state index in [0.29, 0.717) is 5.82 Å². The van der Waals surface area contributed by atoms with Crippen LogP contribution in [-0.4, -0.2) is 41.9 Å². The Kier molecular flexibility index (Phi) is 5.01. The van der Waals surface area contributed by atoms with Crippen LogP contribution in [-0.2, 0) is 10.3 Å². The van der Waals surface area contributed by atoms with Gasteiger partial charge in [-0.25, -0.2) is 15.0 Å². The molecule has 0 radical (unpaired) electrons. The number of amides is 1. The molecule has 0 spiro atoms. The van der Waals surface area contributed by atoms with Gasteiger partial charge in [0.2, 0.25) is 0 Å². The maximum absolute atomic E-state index is 13.5. The third kappa shape index (κ3) is 3.55. The number of aryl methyl sites for hydroxylation is 1. The number of likely N-dealkylation sites (N-methyl/N-ethyl adjacent to an activating group) is 1. The standard InChI is InChI=1S/C24H27N5OSi/c1-16-26-14-18(15-27-16)17-7-6-8-20(13-17)24(22(30)29(2)23(25)28-24)19-9-11-21(12-10-19)31(3,4)5/h6-15H,1-5H3,(H2,25,28). The molecule has 0 bridgehead atoms. The number of nitrogens with zero attached hydrogens (tertiary/aromatic N) is 4. The van der Waals surface area contributed by atoms with Gasteiger partial charge in [-0.1, -0.05) is 67.3 Å². The third-order valence-electron chi connectivity index (χ3n) is 5.80. The number of benzene rings is 2. The Labute approximate surface area is 183 Å². The fraction of sp³-hybridized carbons (Fsp3) is 0.250. The van der Waals surface area contributed by atoms with Gasteiger partial charge in [0.05, 0.1) is 8.07 Å². The van der Waals surface area contributed by atoms with E-state index in [0.717, 1.165) is 22.3 Å². The average molecular weight is 430 g/mol. The Morgan fingerprint density at radius 1 is 0.935 bits per heavy atom. The molecule has 2 aromatic carbocycles. The average Bonchev–Trinajstić information content (AvgIpc) is 2.99. The van der Waals surface area contributed by atoms with Gasteiger partial charge < -0.3 is 5.73 Å². The number of aromatic nitrogens is 2. The fourth-order valence-electron chi connectivity index (χ4n) is 3.86. The summed E-state index contributed by atoms with van der Waals surface area (Å²) in [6.07, 6.45) is 3.58. The van der Waals surface area contributed by atoms with E-state index in [1.165, 1.54) is 10.1 Å². The summed E-state index contributed by atoms with van der Waals surface area (Å²) in [4.78, 5) is 28.3. The van der Waals surface area contributed by atoms with Crippen LogP contribution in [0.3, 0.4) is 0 Å². The molecular formula is C24H27N5OSi. The van der Waals surface area contributed by atoms with Crippen molar-refractivity contribution in [2.75, 3.05) is 7.05 Å². The zero-order valence-corrected chi connectivity index (χ0v) is 19.5. The normalized spacial score (nSPS) is 18.9. The van der Waals surface area contributed by atoms with Gasteiger partial charge in [-0.2, -0.15) is 0 Å². The summed E-state index contributed by atoms with van der Waals surface area (Å²) in [5.41, 5.74) is 8.30. The summed E-state index contributed by atoms with van der Waals surface area (Å²) in [7, 11) is 0.193. The van der Waals surface area contributed by atoms with Crippen molar-refractivity contribution in [2.24, 2.45) is 10.7 Å². The summed E-state index contributed by atoms with van der Waals surface area (Å²) in [6, 6.07) is 16.1. The number of aliphatic imine (C=N–C) groups is 1. The highest BCUT2D eigenvalue weighted by Crippen LogP contribution is 2.40. The van der Waals surface area contributed by atoms with Crippen LogP contribution in [0, 0.1) is 6.92 Å². The molecule has 7 heteroatoms. The molecule has 31 heavy (non-hydrogen) atoms. The zero-order chi connectivity index (χ0) is 22.4. The Bertz CT molecular complexity index is 1170. The van der Waals surface area contributed by atoms with Gasteiger partial charge in [-0.05, 0) is 29.7 Å². The Hall–Kier alpha value is -3.32. The number of nitrogens with two attached hydrogens (primary N) is 1. The first-order valence-electron chi connectivity index (χ1n) is 10.3. The highest BCUT2D eigenvalue weighted by Gasteiger charge is 2.49. The second-order valence-electron chi connectivity index (χ2n) is 8.97. The number of hydrogen-bond donors (Lipinski definition) is 1. The molecular weight excluding hydrogens is 402 g/mol. The van der Waals surface area contributed by atoms with Gasteiger partial charge in [0.1, 0.15) is 5.82 Å². The molecule has 3 aromatic rings. The SMILES string of the molecule is Cc1ncc(-c2cccc(C3(c4ccc([Si](C)(C)C)cc4)N=C(N)N(C)C3=O)c2)cn1. The van der Waals surface area contributed by atoms with Crippen molar-refractivity contribution in [2.45, 2.75) is 32.1 Å². The number of hydrogen-bond acceptors (Lipinski definition) is 5. The molecule has 0 fully saturated rings. The minimum atomic E-state index is -1.47. The molecule has 0 saturated carbocycles. The summed E-state index contributed by atoms with van der Waals surface area (Å²) in [5.74, 6) is 0.759. The molecule has 2 heterocycles. The van der Waals surface area contributed by atoms with Crippen molar-refractivity contribution >= 4 is 25.1 Å². The second-order valence-corrected chi connectivity index (χ2v) is 14.0. The maximum atomic E-state index is 13.5. The van der Waals surface area contributed by atoms with Crippen molar-refractivity contribution in [1.82, 2.24) is 14.9 Å². The zero-order valence-electron chi connectivity index (χ0n) is 18.5. The number of rotatable bonds is 4. The molecule has 1 aliphatic heterocycles. The van der Waals surface area contributed by atoms with E-state index in [1.807, 2.05) is 43.3 Å². The van der Waals surface area contributed by atoms with E-state index in [4.69, 9.17) is 10.7 Å². The van der Waals surface area contributed by atoms with E-state index in [-0.39, 0.29) is 11.9 Å². The lowest BCUT2D eigenvalue weighted by molar-refractivity contribution is -0.129. The van der Waals surface area contributed by atoms with Crippen molar-refractivity contribution in [3.63, 3.8) is 0 Å². The quantitative estimate of drug-likeness (QED) is 0.646. The van der Waals surface area contributed by atoms with Crippen molar-refractivity contribution in [1.29, 1.82) is 0 Å². The molecule has 4 rings (SSSR count). The van der Waals surface area contributed by atoms with Gasteiger partial charge in [0.25, 0.3) is 5.91 Å². The molecule has 0 aliphatic carbocycles. The number of carbonyl (C=O) groups is 1. The van der Waals surface area contributed by atoms with Crippen LogP contribution in [0.4, 0.5) is 0 Å². The van der Waals surface area contributed by atoms with Crippen molar-refractivity contribution < 1.29 is 4.79 Å². The smallest absolute Gasteiger partial charge is 0.266 e. The fourth-order valence-corrected chi connectivity index (χ4v) is 5.03. The first-order valence-corrected chi connectivity index (χ1v) is 13.8. The van der Waals surface area contributed by atoms with Crippen molar-refractivity contribution in [3.8, 4) is 11.1 Å². The van der Waals surface area contributed by atoms with E-state index >= 15 is 0 Å². The van der Waals surface area contributed by atoms with E-state index < -0.39 is 13.6 Å². The van der Waals surface area contributed by atoms with Gasteiger partial charge >= 0.3 is 0 Å². The van der Waals surface area contributed by atoms with Crippen LogP contribution in [0.1, 0.15) is 17.0 Å². The molecule has 6 nitrogen and oxygen atoms in total. The highest BCUT2D eigenvalue weighted by atomic mass is 28.3. The highest BCUT2D eigenvalue weighted by molar-refractivity contribution is 6.88. The number of guanidine groups is 1. The van der Waals surface area contributed by atoms with E-state index in [9.17, 15) is 4.79 Å². The second kappa shape index (κ2) is 7.42. The topological polar surface area (TPSA) is 84.5 Å². The number of carbonyl (C=O) groups excluding carboxylic acids is 1. The van der Waals surface area contributed by atoms with Gasteiger partial charge in [-0.15, -0.1) is 0 Å². The molecule has 1 aromatic heterocycles. The molecule has 1 amide bonds. The third-order valence-corrected chi connectivity index (χ3v) is 7.87. The lowest BCUT2D eigenvalue weighted by Gasteiger charge is -2.27. The monoisotopic (exact) mass is 429 g/mol. The molecule has 2 N–H and O–H groups in total. The molecule has 0 saturated heterocycles. The van der Waals surface area contributed by atoms with E-state index in [2.05, 4.69) is 41.7 Å². The van der Waals surface area contributed by atoms with Crippen molar-refractivity contribution in [3.05, 3.63) is 77.9 Å². The summed E-state index contributed by atoms with van der Waals surface area (Å²) < 4.78 is 0. The maximum Gasteiger partial charge on any atom is 0.266 e. The van der Waals surface area contributed by atoms with Crippen LogP contribution in [0.5, 0.6) is 0 Å². The summed E-state index contributed by atoms with van der Waals surface area (Å²) >= 11 is 0. The Balaban J connectivity index is 1.89. The first-order chi connectivity index (χ1) is 14.6. The lowest BCUT2D eigenvalue weighted by atomic mass is 9.82. The van der Waals surface area contributed by atoms with Crippen LogP contribution < -0.4 is 10.9 Å². The van der Waals surface area contributed by atoms with Gasteiger partial charge in [-0.3, -0.25) is 9.69 Å².